The van der Waals surface area contributed by atoms with Crippen molar-refractivity contribution in [3.05, 3.63) is 41.8 Å². The van der Waals surface area contributed by atoms with Gasteiger partial charge in [-0.1, -0.05) is 69.3 Å². The molecule has 144 valence electrons. The Hall–Kier alpha value is -1.72. The van der Waals surface area contributed by atoms with Gasteiger partial charge in [-0.05, 0) is 42.1 Å². The van der Waals surface area contributed by atoms with E-state index in [1.165, 1.54) is 49.8 Å². The monoisotopic (exact) mass is 400 g/mol. The zero-order valence-electron chi connectivity index (χ0n) is 16.0. The topological polar surface area (TPSA) is 35.0 Å². The predicted octanol–water partition coefficient (Wildman–Crippen LogP) is 7.45. The van der Waals surface area contributed by atoms with Crippen LogP contribution in [0.15, 0.2) is 41.8 Å². The maximum atomic E-state index is 5.88. The van der Waals surface area contributed by atoms with Crippen LogP contribution in [0.5, 0.6) is 5.75 Å². The molecule has 3 rings (SSSR count). The molecule has 0 saturated heterocycles. The minimum Gasteiger partial charge on any atom is -0.494 e. The molecule has 3 nitrogen and oxygen atoms in total. The molecular formula is C22H28N2OS2. The lowest BCUT2D eigenvalue weighted by Gasteiger charge is -2.06. The third kappa shape index (κ3) is 6.43. The number of benzene rings is 1. The lowest BCUT2D eigenvalue weighted by molar-refractivity contribution is 0.304. The largest absolute Gasteiger partial charge is 0.494 e. The smallest absolute Gasteiger partial charge is 0.158 e. The number of thiophene rings is 1. The molecule has 0 aliphatic rings. The van der Waals surface area contributed by atoms with E-state index in [1.54, 1.807) is 22.7 Å². The molecule has 0 radical (unpaired) electrons. The standard InChI is InChI=1S/C22H28N2OS2/c1-2-3-4-5-6-7-8-9-16-25-19-14-12-18(13-15-19)21-23-24-22(27-21)20-11-10-17-26-20/h10-15,17H,2-9,16H2,1H3. The highest BCUT2D eigenvalue weighted by molar-refractivity contribution is 7.22. The van der Waals surface area contributed by atoms with Crippen LogP contribution in [0.2, 0.25) is 0 Å². The van der Waals surface area contributed by atoms with Gasteiger partial charge >= 0.3 is 0 Å². The Morgan fingerprint density at radius 3 is 2.22 bits per heavy atom. The van der Waals surface area contributed by atoms with Gasteiger partial charge in [-0.2, -0.15) is 0 Å². The molecule has 2 heterocycles. The summed E-state index contributed by atoms with van der Waals surface area (Å²) in [5, 5.41) is 12.6. The molecule has 27 heavy (non-hydrogen) atoms. The molecular weight excluding hydrogens is 372 g/mol. The van der Waals surface area contributed by atoms with Crippen molar-refractivity contribution in [2.24, 2.45) is 0 Å². The van der Waals surface area contributed by atoms with E-state index < -0.39 is 0 Å². The van der Waals surface area contributed by atoms with Gasteiger partial charge in [0.1, 0.15) is 10.8 Å². The van der Waals surface area contributed by atoms with Crippen LogP contribution >= 0.6 is 22.7 Å². The Labute approximate surface area is 170 Å². The van der Waals surface area contributed by atoms with Gasteiger partial charge in [0.25, 0.3) is 0 Å². The number of hydrogen-bond donors (Lipinski definition) is 0. The summed E-state index contributed by atoms with van der Waals surface area (Å²) in [5.74, 6) is 0.935. The molecule has 0 atom stereocenters. The summed E-state index contributed by atoms with van der Waals surface area (Å²) in [6.07, 6.45) is 10.6. The van der Waals surface area contributed by atoms with Gasteiger partial charge in [0.2, 0.25) is 0 Å². The zero-order chi connectivity index (χ0) is 18.7. The van der Waals surface area contributed by atoms with Crippen LogP contribution in [0.3, 0.4) is 0 Å². The second kappa shape index (κ2) is 11.2. The zero-order valence-corrected chi connectivity index (χ0v) is 17.7. The van der Waals surface area contributed by atoms with Gasteiger partial charge in [0, 0.05) is 5.56 Å². The van der Waals surface area contributed by atoms with E-state index in [-0.39, 0.29) is 0 Å². The Balaban J connectivity index is 1.38. The molecule has 0 unspecified atom stereocenters. The quantitative estimate of drug-likeness (QED) is 0.296. The highest BCUT2D eigenvalue weighted by atomic mass is 32.1. The fourth-order valence-corrected chi connectivity index (χ4v) is 4.60. The number of ether oxygens (including phenoxy) is 1. The Morgan fingerprint density at radius 1 is 0.815 bits per heavy atom. The first-order valence-corrected chi connectivity index (χ1v) is 11.7. The second-order valence-corrected chi connectivity index (χ2v) is 8.66. The van der Waals surface area contributed by atoms with Crippen molar-refractivity contribution in [2.75, 3.05) is 6.61 Å². The Kier molecular flexibility index (Phi) is 8.31. The summed E-state index contributed by atoms with van der Waals surface area (Å²) in [4.78, 5) is 1.17. The van der Waals surface area contributed by atoms with E-state index in [4.69, 9.17) is 4.74 Å². The third-order valence-corrected chi connectivity index (χ3v) is 6.54. The number of hydrogen-bond acceptors (Lipinski definition) is 5. The second-order valence-electron chi connectivity index (χ2n) is 6.74. The molecule has 0 amide bonds. The number of rotatable bonds is 12. The lowest BCUT2D eigenvalue weighted by Crippen LogP contribution is -1.97. The van der Waals surface area contributed by atoms with E-state index in [2.05, 4.69) is 40.7 Å². The minimum atomic E-state index is 0.801. The molecule has 3 aromatic rings. The summed E-state index contributed by atoms with van der Waals surface area (Å²) in [7, 11) is 0. The van der Waals surface area contributed by atoms with Gasteiger partial charge < -0.3 is 4.74 Å². The molecule has 0 bridgehead atoms. The molecule has 0 spiro atoms. The van der Waals surface area contributed by atoms with Crippen molar-refractivity contribution in [2.45, 2.75) is 58.3 Å². The molecule has 5 heteroatoms. The van der Waals surface area contributed by atoms with Crippen LogP contribution in [0.25, 0.3) is 20.5 Å². The van der Waals surface area contributed by atoms with Gasteiger partial charge in [0.05, 0.1) is 11.5 Å². The van der Waals surface area contributed by atoms with Crippen molar-refractivity contribution in [1.29, 1.82) is 0 Å². The van der Waals surface area contributed by atoms with Crippen molar-refractivity contribution >= 4 is 22.7 Å². The molecule has 0 N–H and O–H groups in total. The van der Waals surface area contributed by atoms with Gasteiger partial charge in [-0.3, -0.25) is 0 Å². The molecule has 2 aromatic heterocycles. The molecule has 1 aromatic carbocycles. The SMILES string of the molecule is CCCCCCCCCCOc1ccc(-c2nnc(-c3cccs3)s2)cc1. The van der Waals surface area contributed by atoms with Gasteiger partial charge in [-0.25, -0.2) is 0 Å². The summed E-state index contributed by atoms with van der Waals surface area (Å²) in [6, 6.07) is 12.3. The number of unbranched alkanes of at least 4 members (excludes halogenated alkanes) is 7. The van der Waals surface area contributed by atoms with E-state index in [0.717, 1.165) is 34.4 Å². The maximum absolute atomic E-state index is 5.88. The normalized spacial score (nSPS) is 11.0. The summed E-state index contributed by atoms with van der Waals surface area (Å²) in [5.41, 5.74) is 1.09. The average molecular weight is 401 g/mol. The van der Waals surface area contributed by atoms with Crippen LogP contribution in [0.4, 0.5) is 0 Å². The first-order chi connectivity index (χ1) is 13.4. The first kappa shape index (κ1) is 20.0. The lowest BCUT2D eigenvalue weighted by atomic mass is 10.1. The van der Waals surface area contributed by atoms with Crippen molar-refractivity contribution in [3.8, 4) is 26.2 Å². The van der Waals surface area contributed by atoms with Crippen molar-refractivity contribution < 1.29 is 4.74 Å². The van der Waals surface area contributed by atoms with E-state index in [0.29, 0.717) is 0 Å². The van der Waals surface area contributed by atoms with Crippen molar-refractivity contribution in [1.82, 2.24) is 10.2 Å². The highest BCUT2D eigenvalue weighted by Gasteiger charge is 2.09. The van der Waals surface area contributed by atoms with Crippen LogP contribution < -0.4 is 4.74 Å². The predicted molar refractivity (Wildman–Crippen MR) is 117 cm³/mol. The number of aromatic nitrogens is 2. The Morgan fingerprint density at radius 2 is 1.52 bits per heavy atom. The van der Waals surface area contributed by atoms with E-state index in [9.17, 15) is 0 Å². The van der Waals surface area contributed by atoms with Crippen LogP contribution in [0, 0.1) is 0 Å². The van der Waals surface area contributed by atoms with Crippen LogP contribution in [-0.4, -0.2) is 16.8 Å². The highest BCUT2D eigenvalue weighted by Crippen LogP contribution is 2.32. The average Bonchev–Trinajstić information content (AvgIpc) is 3.39. The molecule has 0 saturated carbocycles. The van der Waals surface area contributed by atoms with E-state index in [1.807, 2.05) is 18.2 Å². The number of nitrogens with zero attached hydrogens (tertiary/aromatic N) is 2. The summed E-state index contributed by atoms with van der Waals surface area (Å²) in [6.45, 7) is 3.07. The van der Waals surface area contributed by atoms with E-state index >= 15 is 0 Å². The van der Waals surface area contributed by atoms with Crippen LogP contribution in [0.1, 0.15) is 58.3 Å². The molecule has 0 fully saturated rings. The van der Waals surface area contributed by atoms with Gasteiger partial charge in [0.15, 0.2) is 5.01 Å². The first-order valence-electron chi connectivity index (χ1n) is 9.97. The van der Waals surface area contributed by atoms with Gasteiger partial charge in [-0.15, -0.1) is 21.5 Å². The summed E-state index contributed by atoms with van der Waals surface area (Å²) >= 11 is 3.32. The molecule has 0 aliphatic carbocycles. The molecule has 0 aliphatic heterocycles. The van der Waals surface area contributed by atoms with Crippen molar-refractivity contribution in [3.63, 3.8) is 0 Å². The minimum absolute atomic E-state index is 0.801. The summed E-state index contributed by atoms with van der Waals surface area (Å²) < 4.78 is 5.88. The Bertz CT molecular complexity index is 766. The van der Waals surface area contributed by atoms with Crippen LogP contribution in [-0.2, 0) is 0 Å². The fourth-order valence-electron chi connectivity index (χ4n) is 2.96. The third-order valence-electron chi connectivity index (χ3n) is 4.52. The maximum Gasteiger partial charge on any atom is 0.158 e. The fraction of sp³-hybridized carbons (Fsp3) is 0.455.